The molecule has 2 unspecified atom stereocenters. The number of nitrogens with zero attached hydrogens (tertiary/aromatic N) is 1. The van der Waals surface area contributed by atoms with Gasteiger partial charge in [0.1, 0.15) is 0 Å². The Balaban J connectivity index is 2.06. The van der Waals surface area contributed by atoms with Crippen molar-refractivity contribution in [1.29, 1.82) is 0 Å². The average molecular weight is 211 g/mol. The van der Waals surface area contributed by atoms with Crippen LogP contribution in [0.5, 0.6) is 0 Å². The molecule has 2 atom stereocenters. The van der Waals surface area contributed by atoms with Gasteiger partial charge in [-0.25, -0.2) is 4.79 Å². The summed E-state index contributed by atoms with van der Waals surface area (Å²) in [4.78, 5) is 15.8. The van der Waals surface area contributed by atoms with E-state index >= 15 is 0 Å². The molecule has 0 radical (unpaired) electrons. The number of esters is 1. The molecule has 0 aromatic carbocycles. The molecule has 2 rings (SSSR count). The van der Waals surface area contributed by atoms with Crippen LogP contribution in [0, 0.1) is 5.92 Å². The van der Waals surface area contributed by atoms with Gasteiger partial charge in [0.05, 0.1) is 13.2 Å². The summed E-state index contributed by atoms with van der Waals surface area (Å²) in [6.07, 6.45) is 2.79. The van der Waals surface area contributed by atoms with Gasteiger partial charge in [-0.05, 0) is 25.0 Å². The van der Waals surface area contributed by atoms with Crippen LogP contribution in [-0.2, 0) is 9.53 Å². The van der Waals surface area contributed by atoms with Crippen molar-refractivity contribution in [3.8, 4) is 0 Å². The van der Waals surface area contributed by atoms with E-state index in [0.29, 0.717) is 17.8 Å². The molecule has 0 aliphatic carbocycles. The maximum absolute atomic E-state index is 11.6. The van der Waals surface area contributed by atoms with Crippen molar-refractivity contribution in [3.05, 3.63) is 11.0 Å². The van der Waals surface area contributed by atoms with E-state index in [9.17, 15) is 4.79 Å². The summed E-state index contributed by atoms with van der Waals surface area (Å²) in [5, 5.41) is 2.40. The molecule has 0 saturated heterocycles. The first-order valence-corrected chi connectivity index (χ1v) is 5.78. The summed E-state index contributed by atoms with van der Waals surface area (Å²) in [6.45, 7) is 3.11. The molecule has 0 N–H and O–H groups in total. The van der Waals surface area contributed by atoms with Crippen LogP contribution in [0.3, 0.4) is 0 Å². The molecule has 0 saturated carbocycles. The van der Waals surface area contributed by atoms with Crippen molar-refractivity contribution in [2.75, 3.05) is 13.2 Å². The van der Waals surface area contributed by atoms with Gasteiger partial charge >= 0.3 is 5.97 Å². The fourth-order valence-corrected chi connectivity index (χ4v) is 2.98. The summed E-state index contributed by atoms with van der Waals surface area (Å²) in [6, 6.07) is 0. The minimum absolute atomic E-state index is 0.150. The Kier molecular flexibility index (Phi) is 2.91. The lowest BCUT2D eigenvalue weighted by atomic mass is 9.92. The second kappa shape index (κ2) is 4.17. The standard InChI is InChI=1S/C10H13NO2S/c1-2-13-10(12)8-6-14-9-5-11-4-3-7(8)9/h4,6-7,9H,2-3,5H2,1H3. The third kappa shape index (κ3) is 1.71. The summed E-state index contributed by atoms with van der Waals surface area (Å²) in [5.74, 6) is 0.180. The summed E-state index contributed by atoms with van der Waals surface area (Å²) in [7, 11) is 0. The molecule has 0 aromatic heterocycles. The second-order valence-corrected chi connectivity index (χ2v) is 4.47. The highest BCUT2D eigenvalue weighted by Crippen LogP contribution is 2.39. The molecular weight excluding hydrogens is 198 g/mol. The SMILES string of the molecule is CCOC(=O)C1=CSC2CN=CCC12. The second-order valence-electron chi connectivity index (χ2n) is 3.36. The van der Waals surface area contributed by atoms with Crippen LogP contribution in [0.4, 0.5) is 0 Å². The molecule has 0 spiro atoms. The van der Waals surface area contributed by atoms with Crippen molar-refractivity contribution in [2.24, 2.45) is 10.9 Å². The highest BCUT2D eigenvalue weighted by Gasteiger charge is 2.35. The zero-order valence-electron chi connectivity index (χ0n) is 8.10. The van der Waals surface area contributed by atoms with Crippen molar-refractivity contribution in [3.63, 3.8) is 0 Å². The van der Waals surface area contributed by atoms with Crippen LogP contribution >= 0.6 is 11.8 Å². The third-order valence-electron chi connectivity index (χ3n) is 2.50. The van der Waals surface area contributed by atoms with Crippen LogP contribution < -0.4 is 0 Å². The van der Waals surface area contributed by atoms with Gasteiger partial charge in [-0.3, -0.25) is 4.99 Å². The zero-order chi connectivity index (χ0) is 9.97. The Morgan fingerprint density at radius 1 is 1.79 bits per heavy atom. The van der Waals surface area contributed by atoms with Crippen LogP contribution in [0.2, 0.25) is 0 Å². The van der Waals surface area contributed by atoms with Gasteiger partial charge in [0, 0.05) is 16.7 Å². The Labute approximate surface area is 87.6 Å². The van der Waals surface area contributed by atoms with Gasteiger partial charge in [0.15, 0.2) is 0 Å². The van der Waals surface area contributed by atoms with E-state index in [2.05, 4.69) is 4.99 Å². The van der Waals surface area contributed by atoms with Crippen LogP contribution in [0.15, 0.2) is 16.0 Å². The lowest BCUT2D eigenvalue weighted by Crippen LogP contribution is -2.26. The van der Waals surface area contributed by atoms with Crippen molar-refractivity contribution >= 4 is 23.9 Å². The van der Waals surface area contributed by atoms with Crippen molar-refractivity contribution < 1.29 is 9.53 Å². The van der Waals surface area contributed by atoms with E-state index in [1.165, 1.54) is 0 Å². The maximum atomic E-state index is 11.6. The van der Waals surface area contributed by atoms with E-state index in [-0.39, 0.29) is 5.97 Å². The first kappa shape index (κ1) is 9.77. The molecule has 4 heteroatoms. The number of hydrogen-bond donors (Lipinski definition) is 0. The largest absolute Gasteiger partial charge is 0.463 e. The monoisotopic (exact) mass is 211 g/mol. The number of carbonyl (C=O) groups is 1. The molecule has 14 heavy (non-hydrogen) atoms. The topological polar surface area (TPSA) is 38.7 Å². The molecule has 0 amide bonds. The molecule has 2 heterocycles. The molecule has 3 nitrogen and oxygen atoms in total. The number of hydrogen-bond acceptors (Lipinski definition) is 4. The third-order valence-corrected chi connectivity index (χ3v) is 3.72. The molecule has 0 aromatic rings. The number of fused-ring (bicyclic) bond motifs is 1. The van der Waals surface area contributed by atoms with E-state index in [1.807, 2.05) is 18.5 Å². The van der Waals surface area contributed by atoms with E-state index in [1.54, 1.807) is 11.8 Å². The van der Waals surface area contributed by atoms with Gasteiger partial charge in [-0.2, -0.15) is 0 Å². The highest BCUT2D eigenvalue weighted by molar-refractivity contribution is 8.03. The van der Waals surface area contributed by atoms with Gasteiger partial charge in [0.25, 0.3) is 0 Å². The number of carbonyl (C=O) groups excluding carboxylic acids is 1. The first-order chi connectivity index (χ1) is 6.83. The Morgan fingerprint density at radius 2 is 2.64 bits per heavy atom. The molecule has 76 valence electrons. The lowest BCUT2D eigenvalue weighted by Gasteiger charge is -2.21. The fourth-order valence-electron chi connectivity index (χ4n) is 1.77. The van der Waals surface area contributed by atoms with Crippen LogP contribution in [0.25, 0.3) is 0 Å². The minimum atomic E-state index is -0.150. The molecular formula is C10H13NO2S. The summed E-state index contributed by atoms with van der Waals surface area (Å²) >= 11 is 1.71. The number of aliphatic imine (C=N–C) groups is 1. The summed E-state index contributed by atoms with van der Waals surface area (Å²) in [5.41, 5.74) is 0.841. The maximum Gasteiger partial charge on any atom is 0.334 e. The molecule has 0 fully saturated rings. The van der Waals surface area contributed by atoms with E-state index < -0.39 is 0 Å². The van der Waals surface area contributed by atoms with Gasteiger partial charge in [-0.15, -0.1) is 11.8 Å². The molecule has 0 bridgehead atoms. The average Bonchev–Trinajstić information content (AvgIpc) is 2.61. The predicted octanol–water partition coefficient (Wildman–Crippen LogP) is 1.64. The normalized spacial score (nSPS) is 29.6. The van der Waals surface area contributed by atoms with Crippen LogP contribution in [-0.4, -0.2) is 30.6 Å². The Bertz CT molecular complexity index is 298. The number of ether oxygens (including phenoxy) is 1. The van der Waals surface area contributed by atoms with E-state index in [0.717, 1.165) is 18.5 Å². The van der Waals surface area contributed by atoms with Crippen LogP contribution in [0.1, 0.15) is 13.3 Å². The number of thioether (sulfide) groups is 1. The Hall–Kier alpha value is -0.770. The van der Waals surface area contributed by atoms with Gasteiger partial charge < -0.3 is 4.74 Å². The van der Waals surface area contributed by atoms with E-state index in [4.69, 9.17) is 4.74 Å². The minimum Gasteiger partial charge on any atom is -0.463 e. The predicted molar refractivity (Wildman–Crippen MR) is 57.6 cm³/mol. The van der Waals surface area contributed by atoms with Gasteiger partial charge in [-0.1, -0.05) is 0 Å². The molecule has 2 aliphatic rings. The summed E-state index contributed by atoms with van der Waals surface area (Å²) < 4.78 is 5.01. The highest BCUT2D eigenvalue weighted by atomic mass is 32.2. The first-order valence-electron chi connectivity index (χ1n) is 4.84. The van der Waals surface area contributed by atoms with Gasteiger partial charge in [0.2, 0.25) is 0 Å². The van der Waals surface area contributed by atoms with Crippen molar-refractivity contribution in [1.82, 2.24) is 0 Å². The molecule has 2 aliphatic heterocycles. The fraction of sp³-hybridized carbons (Fsp3) is 0.600. The number of rotatable bonds is 2. The lowest BCUT2D eigenvalue weighted by molar-refractivity contribution is -0.139. The Morgan fingerprint density at radius 3 is 3.43 bits per heavy atom. The van der Waals surface area contributed by atoms with Crippen molar-refractivity contribution in [2.45, 2.75) is 18.6 Å². The zero-order valence-corrected chi connectivity index (χ0v) is 8.92. The smallest absolute Gasteiger partial charge is 0.334 e. The quantitative estimate of drug-likeness (QED) is 0.652.